The number of H-pyrrole nitrogens is 1. The molecule has 0 bridgehead atoms. The van der Waals surface area contributed by atoms with Gasteiger partial charge in [-0.05, 0) is 48.9 Å². The number of imidazole rings is 1. The molecule has 0 atom stereocenters. The Labute approximate surface area is 162 Å². The number of anilines is 3. The molecule has 0 fully saturated rings. The number of nitrogens with one attached hydrogen (secondary N) is 2. The zero-order valence-corrected chi connectivity index (χ0v) is 16.0. The van der Waals surface area contributed by atoms with Gasteiger partial charge in [0.15, 0.2) is 5.65 Å². The van der Waals surface area contributed by atoms with Crippen molar-refractivity contribution >= 4 is 40.0 Å². The third-order valence-electron chi connectivity index (χ3n) is 4.23. The minimum atomic E-state index is 0.618. The van der Waals surface area contributed by atoms with Gasteiger partial charge < -0.3 is 15.2 Å². The van der Waals surface area contributed by atoms with Gasteiger partial charge >= 0.3 is 0 Å². The summed E-state index contributed by atoms with van der Waals surface area (Å²) in [6, 6.07) is 11.7. The summed E-state index contributed by atoms with van der Waals surface area (Å²) in [4.78, 5) is 18.7. The van der Waals surface area contributed by atoms with E-state index >= 15 is 0 Å². The minimum Gasteiger partial charge on any atom is -0.376 e. The Bertz CT molecular complexity index is 1100. The van der Waals surface area contributed by atoms with E-state index < -0.39 is 0 Å². The van der Waals surface area contributed by atoms with E-state index in [1.165, 1.54) is 0 Å². The highest BCUT2D eigenvalue weighted by molar-refractivity contribution is 6.33. The Morgan fingerprint density at radius 2 is 1.89 bits per heavy atom. The van der Waals surface area contributed by atoms with Crippen LogP contribution in [0.25, 0.3) is 22.6 Å². The maximum atomic E-state index is 6.42. The van der Waals surface area contributed by atoms with Crippen molar-refractivity contribution < 1.29 is 0 Å². The summed E-state index contributed by atoms with van der Waals surface area (Å²) in [6.07, 6.45) is 3.63. The van der Waals surface area contributed by atoms with E-state index in [2.05, 4.69) is 25.3 Å². The second kappa shape index (κ2) is 6.89. The maximum Gasteiger partial charge on any atom is 0.178 e. The molecule has 3 aromatic heterocycles. The zero-order valence-electron chi connectivity index (χ0n) is 15.3. The zero-order chi connectivity index (χ0) is 19.0. The van der Waals surface area contributed by atoms with Crippen LogP contribution in [0, 0.1) is 6.92 Å². The molecule has 0 amide bonds. The maximum absolute atomic E-state index is 6.42. The normalized spacial score (nSPS) is 11.0. The summed E-state index contributed by atoms with van der Waals surface area (Å²) in [5.41, 5.74) is 5.37. The number of fused-ring (bicyclic) bond motifs is 1. The summed E-state index contributed by atoms with van der Waals surface area (Å²) < 4.78 is 0. The average molecular weight is 379 g/mol. The number of aromatic nitrogens is 4. The standard InChI is InChI=1S/C20H19ClN6/c1-12-8-17-20(23-10-12)26-19(25-17)15-9-13(4-6-16(15)21)24-18-7-5-14(11-22-18)27(2)3/h4-11H,1-3H3,(H,22,24)(H,23,25,26). The lowest BCUT2D eigenvalue weighted by Crippen LogP contribution is -2.08. The molecule has 2 N–H and O–H groups in total. The van der Waals surface area contributed by atoms with Gasteiger partial charge in [0, 0.05) is 31.5 Å². The van der Waals surface area contributed by atoms with Crippen LogP contribution in [-0.2, 0) is 0 Å². The van der Waals surface area contributed by atoms with Crippen LogP contribution >= 0.6 is 11.6 Å². The first kappa shape index (κ1) is 17.3. The van der Waals surface area contributed by atoms with Crippen molar-refractivity contribution in [1.29, 1.82) is 0 Å². The van der Waals surface area contributed by atoms with Gasteiger partial charge in [0.25, 0.3) is 0 Å². The average Bonchev–Trinajstić information content (AvgIpc) is 3.06. The molecule has 0 spiro atoms. The predicted octanol–water partition coefficient (Wildman–Crippen LogP) is 4.79. The monoisotopic (exact) mass is 378 g/mol. The van der Waals surface area contributed by atoms with Crippen molar-refractivity contribution in [3.63, 3.8) is 0 Å². The first-order valence-corrected chi connectivity index (χ1v) is 8.90. The molecule has 0 saturated heterocycles. The Hall–Kier alpha value is -3.12. The van der Waals surface area contributed by atoms with Crippen LogP contribution in [0.2, 0.25) is 5.02 Å². The number of benzene rings is 1. The number of pyridine rings is 2. The minimum absolute atomic E-state index is 0.618. The van der Waals surface area contributed by atoms with Gasteiger partial charge in [-0.15, -0.1) is 0 Å². The Morgan fingerprint density at radius 3 is 2.63 bits per heavy atom. The van der Waals surface area contributed by atoms with Gasteiger partial charge in [-0.3, -0.25) is 0 Å². The van der Waals surface area contributed by atoms with Crippen molar-refractivity contribution in [1.82, 2.24) is 19.9 Å². The molecule has 0 aliphatic rings. The molecule has 0 saturated carbocycles. The van der Waals surface area contributed by atoms with E-state index in [4.69, 9.17) is 11.6 Å². The van der Waals surface area contributed by atoms with Crippen molar-refractivity contribution in [2.75, 3.05) is 24.3 Å². The van der Waals surface area contributed by atoms with Crippen molar-refractivity contribution in [3.05, 3.63) is 59.4 Å². The van der Waals surface area contributed by atoms with Crippen LogP contribution in [0.5, 0.6) is 0 Å². The lowest BCUT2D eigenvalue weighted by Gasteiger charge is -2.13. The fraction of sp³-hybridized carbons (Fsp3) is 0.150. The van der Waals surface area contributed by atoms with Crippen LogP contribution < -0.4 is 10.2 Å². The lowest BCUT2D eigenvalue weighted by molar-refractivity contribution is 1.11. The number of hydrogen-bond donors (Lipinski definition) is 2. The molecular formula is C20H19ClN6. The van der Waals surface area contributed by atoms with E-state index in [0.29, 0.717) is 16.5 Å². The molecule has 6 nitrogen and oxygen atoms in total. The first-order chi connectivity index (χ1) is 13.0. The highest BCUT2D eigenvalue weighted by atomic mass is 35.5. The molecule has 136 valence electrons. The molecule has 0 aliphatic heterocycles. The summed E-state index contributed by atoms with van der Waals surface area (Å²) >= 11 is 6.42. The number of rotatable bonds is 4. The van der Waals surface area contributed by atoms with E-state index in [1.54, 1.807) is 6.20 Å². The SMILES string of the molecule is Cc1cnc2nc(-c3cc(Nc4ccc(N(C)C)cn4)ccc3Cl)[nH]c2c1. The van der Waals surface area contributed by atoms with Crippen molar-refractivity contribution in [2.24, 2.45) is 0 Å². The molecular weight excluding hydrogens is 360 g/mol. The Balaban J connectivity index is 1.66. The molecule has 0 aliphatic carbocycles. The van der Waals surface area contributed by atoms with Crippen molar-refractivity contribution in [3.8, 4) is 11.4 Å². The lowest BCUT2D eigenvalue weighted by atomic mass is 10.2. The fourth-order valence-electron chi connectivity index (χ4n) is 2.79. The number of nitrogens with zero attached hydrogens (tertiary/aromatic N) is 4. The van der Waals surface area contributed by atoms with Crippen LogP contribution in [0.3, 0.4) is 0 Å². The summed E-state index contributed by atoms with van der Waals surface area (Å²) in [5.74, 6) is 1.45. The molecule has 4 rings (SSSR count). The van der Waals surface area contributed by atoms with Gasteiger partial charge in [-0.1, -0.05) is 11.6 Å². The summed E-state index contributed by atoms with van der Waals surface area (Å²) in [6.45, 7) is 2.00. The van der Waals surface area contributed by atoms with Gasteiger partial charge in [0.2, 0.25) is 0 Å². The van der Waals surface area contributed by atoms with Crippen LogP contribution in [0.15, 0.2) is 48.8 Å². The third kappa shape index (κ3) is 3.57. The molecule has 27 heavy (non-hydrogen) atoms. The quantitative estimate of drug-likeness (QED) is 0.534. The molecule has 3 heterocycles. The van der Waals surface area contributed by atoms with Gasteiger partial charge in [0.1, 0.15) is 11.6 Å². The summed E-state index contributed by atoms with van der Waals surface area (Å²) in [5, 5.41) is 3.92. The largest absolute Gasteiger partial charge is 0.376 e. The van der Waals surface area contributed by atoms with Gasteiger partial charge in [-0.2, -0.15) is 0 Å². The molecule has 0 unspecified atom stereocenters. The van der Waals surface area contributed by atoms with Crippen LogP contribution in [-0.4, -0.2) is 34.0 Å². The van der Waals surface area contributed by atoms with Crippen molar-refractivity contribution in [2.45, 2.75) is 6.92 Å². The second-order valence-corrected chi connectivity index (χ2v) is 6.99. The van der Waals surface area contributed by atoms with Gasteiger partial charge in [0.05, 0.1) is 22.4 Å². The fourth-order valence-corrected chi connectivity index (χ4v) is 3.00. The van der Waals surface area contributed by atoms with Crippen LogP contribution in [0.1, 0.15) is 5.56 Å². The van der Waals surface area contributed by atoms with E-state index in [0.717, 1.165) is 33.8 Å². The predicted molar refractivity (Wildman–Crippen MR) is 111 cm³/mol. The molecule has 1 aromatic carbocycles. The third-order valence-corrected chi connectivity index (χ3v) is 4.56. The number of halogens is 1. The highest BCUT2D eigenvalue weighted by Gasteiger charge is 2.11. The highest BCUT2D eigenvalue weighted by Crippen LogP contribution is 2.31. The first-order valence-electron chi connectivity index (χ1n) is 8.52. The molecule has 0 radical (unpaired) electrons. The Kier molecular flexibility index (Phi) is 4.41. The van der Waals surface area contributed by atoms with E-state index in [9.17, 15) is 0 Å². The smallest absolute Gasteiger partial charge is 0.178 e. The number of hydrogen-bond acceptors (Lipinski definition) is 5. The van der Waals surface area contributed by atoms with Crippen LogP contribution in [0.4, 0.5) is 17.2 Å². The number of aromatic amines is 1. The van der Waals surface area contributed by atoms with E-state index in [1.807, 2.05) is 68.5 Å². The molecule has 4 aromatic rings. The Morgan fingerprint density at radius 1 is 1.04 bits per heavy atom. The number of aryl methyl sites for hydroxylation is 1. The molecule has 7 heteroatoms. The van der Waals surface area contributed by atoms with Gasteiger partial charge in [-0.25, -0.2) is 15.0 Å². The summed E-state index contributed by atoms with van der Waals surface area (Å²) in [7, 11) is 3.97. The van der Waals surface area contributed by atoms with E-state index in [-0.39, 0.29) is 0 Å². The second-order valence-electron chi connectivity index (χ2n) is 6.58. The topological polar surface area (TPSA) is 69.7 Å².